The lowest BCUT2D eigenvalue weighted by Crippen LogP contribution is -2.60. The topological polar surface area (TPSA) is 186 Å². The Hall–Kier alpha value is -2.91. The van der Waals surface area contributed by atoms with Gasteiger partial charge in [-0.25, -0.2) is 0 Å². The SMILES string of the molecule is CCCCCCCC/C=C/C/C=C/CCCCC(=O)OC[C@H](CO[C@H]1O[C@H](CS(=O)(=O)O)[C@@H](O)C(O)C1O)OC(=O)CCC/C=C/C/C=C/C/C=C/C/C=C/CCCCCCCCC. The molecule has 6 atom stereocenters. The maximum absolute atomic E-state index is 12.8. The average Bonchev–Trinajstić information content (AvgIpc) is 3.26. The van der Waals surface area contributed by atoms with Crippen molar-refractivity contribution in [3.05, 3.63) is 72.9 Å². The van der Waals surface area contributed by atoms with Gasteiger partial charge in [0.15, 0.2) is 12.4 Å². The Kier molecular flexibility index (Phi) is 37.3. The molecule has 368 valence electrons. The summed E-state index contributed by atoms with van der Waals surface area (Å²) < 4.78 is 54.0. The highest BCUT2D eigenvalue weighted by atomic mass is 32.2. The first-order valence-corrected chi connectivity index (χ1v) is 26.1. The van der Waals surface area contributed by atoms with Gasteiger partial charge in [0.1, 0.15) is 36.8 Å². The predicted octanol–water partition coefficient (Wildman–Crippen LogP) is 10.7. The molecule has 4 N–H and O–H groups in total. The third-order valence-corrected chi connectivity index (χ3v) is 11.5. The molecule has 12 nitrogen and oxygen atoms in total. The molecule has 1 saturated heterocycles. The summed E-state index contributed by atoms with van der Waals surface area (Å²) in [5, 5.41) is 30.9. The predicted molar refractivity (Wildman–Crippen MR) is 256 cm³/mol. The molecule has 0 amide bonds. The van der Waals surface area contributed by atoms with Gasteiger partial charge < -0.3 is 34.3 Å². The van der Waals surface area contributed by atoms with Crippen LogP contribution in [-0.4, -0.2) is 96.0 Å². The largest absolute Gasteiger partial charge is 0.462 e. The summed E-state index contributed by atoms with van der Waals surface area (Å²) >= 11 is 0. The number of rotatable bonds is 40. The van der Waals surface area contributed by atoms with Crippen molar-refractivity contribution in [1.82, 2.24) is 0 Å². The molecule has 0 aromatic rings. The molecule has 1 heterocycles. The zero-order valence-electron chi connectivity index (χ0n) is 39.4. The smallest absolute Gasteiger partial charge is 0.306 e. The van der Waals surface area contributed by atoms with Gasteiger partial charge in [0.2, 0.25) is 0 Å². The van der Waals surface area contributed by atoms with Gasteiger partial charge >= 0.3 is 11.9 Å². The first-order valence-electron chi connectivity index (χ1n) is 24.5. The summed E-state index contributed by atoms with van der Waals surface area (Å²) in [4.78, 5) is 25.4. The van der Waals surface area contributed by atoms with Gasteiger partial charge in [0.25, 0.3) is 10.1 Å². The fourth-order valence-electron chi connectivity index (χ4n) is 6.93. The minimum atomic E-state index is -4.62. The van der Waals surface area contributed by atoms with Gasteiger partial charge in [0, 0.05) is 12.8 Å². The Morgan fingerprint density at radius 3 is 1.44 bits per heavy atom. The van der Waals surface area contributed by atoms with E-state index in [2.05, 4.69) is 74.6 Å². The van der Waals surface area contributed by atoms with Gasteiger partial charge in [-0.3, -0.25) is 14.1 Å². The first-order chi connectivity index (χ1) is 31.0. The number of hydrogen-bond acceptors (Lipinski definition) is 11. The number of ether oxygens (including phenoxy) is 4. The molecule has 2 unspecified atom stereocenters. The highest BCUT2D eigenvalue weighted by Gasteiger charge is 2.46. The van der Waals surface area contributed by atoms with Gasteiger partial charge in [-0.2, -0.15) is 8.42 Å². The summed E-state index contributed by atoms with van der Waals surface area (Å²) in [7, 11) is -4.62. The molecule has 1 aliphatic rings. The minimum Gasteiger partial charge on any atom is -0.462 e. The molecule has 0 aromatic carbocycles. The van der Waals surface area contributed by atoms with E-state index in [1.54, 1.807) is 0 Å². The highest BCUT2D eigenvalue weighted by Crippen LogP contribution is 2.24. The minimum absolute atomic E-state index is 0.0786. The Morgan fingerprint density at radius 1 is 0.531 bits per heavy atom. The number of carbonyl (C=O) groups excluding carboxylic acids is 2. The normalized spacial score (nSPS) is 20.2. The third-order valence-electron chi connectivity index (χ3n) is 10.8. The third kappa shape index (κ3) is 34.4. The molecule has 0 aromatic heterocycles. The zero-order valence-corrected chi connectivity index (χ0v) is 40.2. The Morgan fingerprint density at radius 2 is 0.953 bits per heavy atom. The van der Waals surface area contributed by atoms with E-state index in [4.69, 9.17) is 18.9 Å². The van der Waals surface area contributed by atoms with Crippen LogP contribution in [0.2, 0.25) is 0 Å². The molecule has 1 rings (SSSR count). The Labute approximate surface area is 387 Å². The van der Waals surface area contributed by atoms with E-state index in [9.17, 15) is 37.9 Å². The van der Waals surface area contributed by atoms with Crippen molar-refractivity contribution in [2.45, 2.75) is 218 Å². The van der Waals surface area contributed by atoms with Gasteiger partial charge in [0.05, 0.1) is 6.61 Å². The second kappa shape index (κ2) is 40.4. The summed E-state index contributed by atoms with van der Waals surface area (Å²) in [6, 6.07) is 0. The van der Waals surface area contributed by atoms with Crippen LogP contribution in [0.5, 0.6) is 0 Å². The quantitative estimate of drug-likeness (QED) is 0.0198. The van der Waals surface area contributed by atoms with Crippen molar-refractivity contribution in [1.29, 1.82) is 0 Å². The molecular formula is C51H86O12S. The number of carbonyl (C=O) groups is 2. The molecule has 1 aliphatic heterocycles. The lowest BCUT2D eigenvalue weighted by Gasteiger charge is -2.40. The molecular weight excluding hydrogens is 837 g/mol. The fourth-order valence-corrected chi connectivity index (χ4v) is 7.62. The maximum Gasteiger partial charge on any atom is 0.306 e. The van der Waals surface area contributed by atoms with Gasteiger partial charge in [-0.15, -0.1) is 0 Å². The van der Waals surface area contributed by atoms with Crippen molar-refractivity contribution < 1.29 is 56.8 Å². The fraction of sp³-hybridized carbons (Fsp3) is 0.725. The number of allylic oxidation sites excluding steroid dienone is 12. The van der Waals surface area contributed by atoms with Crippen LogP contribution in [0.3, 0.4) is 0 Å². The maximum atomic E-state index is 12.8. The van der Waals surface area contributed by atoms with Crippen LogP contribution in [0.25, 0.3) is 0 Å². The number of esters is 2. The Bertz CT molecular complexity index is 1450. The van der Waals surface area contributed by atoms with Crippen LogP contribution in [0, 0.1) is 0 Å². The lowest BCUT2D eigenvalue weighted by atomic mass is 10.00. The van der Waals surface area contributed by atoms with Gasteiger partial charge in [-0.1, -0.05) is 157 Å². The average molecular weight is 923 g/mol. The molecule has 64 heavy (non-hydrogen) atoms. The summed E-state index contributed by atoms with van der Waals surface area (Å²) in [5.41, 5.74) is 0. The van der Waals surface area contributed by atoms with Crippen LogP contribution < -0.4 is 0 Å². The van der Waals surface area contributed by atoms with Crippen molar-refractivity contribution in [3.63, 3.8) is 0 Å². The van der Waals surface area contributed by atoms with E-state index in [0.717, 1.165) is 51.4 Å². The van der Waals surface area contributed by atoms with Crippen molar-refractivity contribution in [3.8, 4) is 0 Å². The summed E-state index contributed by atoms with van der Waals surface area (Å²) in [5.74, 6) is -2.11. The first kappa shape index (κ1) is 59.1. The van der Waals surface area contributed by atoms with Crippen LogP contribution >= 0.6 is 0 Å². The van der Waals surface area contributed by atoms with E-state index in [0.29, 0.717) is 19.3 Å². The number of unbranched alkanes of at least 4 members (excludes halogenated alkanes) is 16. The van der Waals surface area contributed by atoms with Crippen LogP contribution in [0.1, 0.15) is 181 Å². The zero-order chi connectivity index (χ0) is 46.9. The van der Waals surface area contributed by atoms with Crippen molar-refractivity contribution in [2.24, 2.45) is 0 Å². The summed E-state index contributed by atoms with van der Waals surface area (Å²) in [6.07, 6.45) is 42.4. The molecule has 0 aliphatic carbocycles. The molecule has 0 saturated carbocycles. The van der Waals surface area contributed by atoms with E-state index in [1.165, 1.54) is 83.5 Å². The van der Waals surface area contributed by atoms with E-state index < -0.39 is 71.2 Å². The second-order valence-corrected chi connectivity index (χ2v) is 18.3. The lowest BCUT2D eigenvalue weighted by molar-refractivity contribution is -0.297. The highest BCUT2D eigenvalue weighted by molar-refractivity contribution is 7.85. The second-order valence-electron chi connectivity index (χ2n) is 16.8. The molecule has 0 bridgehead atoms. The molecule has 13 heteroatoms. The molecule has 1 fully saturated rings. The molecule has 0 spiro atoms. The van der Waals surface area contributed by atoms with E-state index in [-0.39, 0.29) is 19.4 Å². The monoisotopic (exact) mass is 923 g/mol. The number of hydrogen-bond donors (Lipinski definition) is 4. The van der Waals surface area contributed by atoms with Crippen molar-refractivity contribution in [2.75, 3.05) is 19.0 Å². The summed E-state index contributed by atoms with van der Waals surface area (Å²) in [6.45, 7) is 3.68. The Balaban J connectivity index is 2.48. The number of aliphatic hydroxyl groups is 3. The van der Waals surface area contributed by atoms with E-state index >= 15 is 0 Å². The van der Waals surface area contributed by atoms with Crippen LogP contribution in [0.4, 0.5) is 0 Å². The van der Waals surface area contributed by atoms with Crippen LogP contribution in [-0.2, 0) is 38.7 Å². The van der Waals surface area contributed by atoms with E-state index in [1.807, 2.05) is 12.2 Å². The van der Waals surface area contributed by atoms with Crippen LogP contribution in [0.15, 0.2) is 72.9 Å². The molecule has 0 radical (unpaired) electrons. The standard InChI is InChI=1S/C51H86O12S/c1-3-5-7-9-11-13-15-17-19-20-21-22-23-24-26-28-30-32-34-36-38-40-47(53)62-44(42-61-51-50(56)49(55)48(54)45(63-51)43-64(57,58)59)41-60-46(52)39-37-35-33-31-29-27-25-18-16-14-12-10-8-6-4-2/h18-20,22-23,25-26,28-29,31-32,34,44-45,48-51,54-56H,3-17,21,24,27,30,33,35-43H2,1-2H3,(H,57,58,59)/b20-19+,23-22+,25-18+,28-26+,31-29+,34-32+/t44-,45-,48-,49?,50?,51+/m1/s1. The van der Waals surface area contributed by atoms with Crippen molar-refractivity contribution >= 4 is 22.1 Å². The number of aliphatic hydroxyl groups excluding tert-OH is 3. The van der Waals surface area contributed by atoms with Gasteiger partial charge in [-0.05, 0) is 83.5 Å².